The smallest absolute Gasteiger partial charge is 0.316 e. The molecule has 2 heterocycles. The lowest BCUT2D eigenvalue weighted by Crippen LogP contribution is -2.45. The fourth-order valence-electron chi connectivity index (χ4n) is 3.65. The molecular weight excluding hydrogens is 342 g/mol. The van der Waals surface area contributed by atoms with Gasteiger partial charge in [0.05, 0.1) is 18.1 Å². The van der Waals surface area contributed by atoms with Crippen LogP contribution in [0.2, 0.25) is 0 Å². The quantitative estimate of drug-likeness (QED) is 0.873. The predicted octanol–water partition coefficient (Wildman–Crippen LogP) is 2.98. The van der Waals surface area contributed by atoms with Crippen LogP contribution in [0.5, 0.6) is 0 Å². The molecule has 1 aliphatic heterocycles. The molecule has 1 aromatic carbocycles. The Labute approximate surface area is 159 Å². The fourth-order valence-corrected chi connectivity index (χ4v) is 3.65. The Bertz CT molecular complexity index is 859. The van der Waals surface area contributed by atoms with Crippen LogP contribution in [0.15, 0.2) is 28.7 Å². The summed E-state index contributed by atoms with van der Waals surface area (Å²) in [5, 5.41) is 19.9. The number of aromatic nitrogens is 2. The van der Waals surface area contributed by atoms with Gasteiger partial charge in [-0.2, -0.15) is 5.26 Å². The van der Waals surface area contributed by atoms with Gasteiger partial charge in [-0.05, 0) is 55.7 Å². The van der Waals surface area contributed by atoms with Crippen molar-refractivity contribution in [1.29, 1.82) is 5.26 Å². The van der Waals surface area contributed by atoms with Crippen LogP contribution >= 0.6 is 0 Å². The zero-order valence-electron chi connectivity index (χ0n) is 15.4. The van der Waals surface area contributed by atoms with Gasteiger partial charge >= 0.3 is 6.01 Å². The van der Waals surface area contributed by atoms with Crippen molar-refractivity contribution >= 4 is 11.9 Å². The van der Waals surface area contributed by atoms with Crippen LogP contribution in [0.3, 0.4) is 0 Å². The molecule has 1 atom stereocenters. The maximum absolute atomic E-state index is 12.6. The first-order chi connectivity index (χ1) is 13.1. The van der Waals surface area contributed by atoms with Gasteiger partial charge in [0.1, 0.15) is 6.04 Å². The van der Waals surface area contributed by atoms with E-state index >= 15 is 0 Å². The summed E-state index contributed by atoms with van der Waals surface area (Å²) in [6, 6.07) is 9.20. The second-order valence-electron chi connectivity index (χ2n) is 7.68. The van der Waals surface area contributed by atoms with E-state index in [1.54, 1.807) is 12.1 Å². The van der Waals surface area contributed by atoms with Crippen LogP contribution < -0.4 is 5.32 Å². The third kappa shape index (κ3) is 3.95. The Morgan fingerprint density at radius 1 is 1.30 bits per heavy atom. The van der Waals surface area contributed by atoms with Gasteiger partial charge < -0.3 is 14.6 Å². The number of nitrogens with zero attached hydrogens (tertiary/aromatic N) is 4. The molecule has 2 aliphatic rings. The van der Waals surface area contributed by atoms with Gasteiger partial charge in [-0.25, -0.2) is 0 Å². The highest BCUT2D eigenvalue weighted by Gasteiger charge is 2.45. The molecule has 1 aliphatic carbocycles. The normalized spacial score (nSPS) is 18.7. The van der Waals surface area contributed by atoms with E-state index in [4.69, 9.17) is 9.68 Å². The van der Waals surface area contributed by atoms with E-state index in [9.17, 15) is 4.79 Å². The number of piperidine rings is 1. The summed E-state index contributed by atoms with van der Waals surface area (Å²) >= 11 is 0. The van der Waals surface area contributed by atoms with Crippen molar-refractivity contribution in [1.82, 2.24) is 15.1 Å². The number of hydrogen-bond acceptors (Lipinski definition) is 6. The van der Waals surface area contributed by atoms with Crippen LogP contribution in [0.4, 0.5) is 6.01 Å². The van der Waals surface area contributed by atoms with E-state index in [2.05, 4.69) is 21.6 Å². The average molecular weight is 367 g/mol. The van der Waals surface area contributed by atoms with Gasteiger partial charge in [-0.1, -0.05) is 17.2 Å². The van der Waals surface area contributed by atoms with Crippen molar-refractivity contribution in [3.63, 3.8) is 0 Å². The number of nitrogens with one attached hydrogen (secondary N) is 1. The van der Waals surface area contributed by atoms with Crippen molar-refractivity contribution in [2.75, 3.05) is 18.4 Å². The highest BCUT2D eigenvalue weighted by atomic mass is 16.4. The zero-order chi connectivity index (χ0) is 18.9. The number of hydrogen-bond donors (Lipinski definition) is 1. The van der Waals surface area contributed by atoms with E-state index in [1.807, 2.05) is 24.0 Å². The molecule has 1 unspecified atom stereocenters. The summed E-state index contributed by atoms with van der Waals surface area (Å²) < 4.78 is 5.63. The largest absolute Gasteiger partial charge is 0.408 e. The van der Waals surface area contributed by atoms with Crippen molar-refractivity contribution in [2.24, 2.45) is 5.41 Å². The summed E-state index contributed by atoms with van der Waals surface area (Å²) in [5.74, 6) is 0.549. The lowest BCUT2D eigenvalue weighted by Gasteiger charge is -2.33. The molecule has 142 valence electrons. The minimum absolute atomic E-state index is 0. The summed E-state index contributed by atoms with van der Waals surface area (Å²) in [6.45, 7) is 3.52. The monoisotopic (exact) mass is 367 g/mol. The molecule has 1 amide bonds. The van der Waals surface area contributed by atoms with Gasteiger partial charge in [0, 0.05) is 14.5 Å². The summed E-state index contributed by atoms with van der Waals surface area (Å²) in [6.07, 6.45) is 5.39. The Morgan fingerprint density at radius 2 is 2.00 bits per heavy atom. The van der Waals surface area contributed by atoms with Crippen molar-refractivity contribution in [3.8, 4) is 6.07 Å². The SMILES string of the molecule is CC(Nc1nnc(Cc2ccc(C#N)cc2)o1)C(=O)N1CCC2(CC1)CC2.[HH]. The fraction of sp³-hybridized carbons (Fsp3) is 0.500. The second-order valence-corrected chi connectivity index (χ2v) is 7.68. The number of nitriles is 1. The molecular formula is C20H25N5O2. The Balaban J connectivity index is 0.00000225. The van der Waals surface area contributed by atoms with Crippen LogP contribution in [0.25, 0.3) is 0 Å². The summed E-state index contributed by atoms with van der Waals surface area (Å²) in [4.78, 5) is 14.6. The van der Waals surface area contributed by atoms with Crippen molar-refractivity contribution in [2.45, 2.75) is 45.1 Å². The summed E-state index contributed by atoms with van der Waals surface area (Å²) in [7, 11) is 0. The number of amides is 1. The van der Waals surface area contributed by atoms with E-state index in [1.165, 1.54) is 12.8 Å². The molecule has 27 heavy (non-hydrogen) atoms. The molecule has 7 heteroatoms. The molecule has 1 saturated heterocycles. The lowest BCUT2D eigenvalue weighted by molar-refractivity contribution is -0.133. The first kappa shape index (κ1) is 17.5. The maximum Gasteiger partial charge on any atom is 0.316 e. The maximum atomic E-state index is 12.6. The van der Waals surface area contributed by atoms with Gasteiger partial charge in [0.2, 0.25) is 11.8 Å². The van der Waals surface area contributed by atoms with Crippen molar-refractivity contribution in [3.05, 3.63) is 41.3 Å². The van der Waals surface area contributed by atoms with Gasteiger partial charge in [0.25, 0.3) is 0 Å². The Hall–Kier alpha value is -2.88. The molecule has 1 aromatic heterocycles. The first-order valence-electron chi connectivity index (χ1n) is 9.44. The van der Waals surface area contributed by atoms with E-state index in [0.717, 1.165) is 31.5 Å². The molecule has 7 nitrogen and oxygen atoms in total. The number of rotatable bonds is 5. The Kier molecular flexibility index (Phi) is 4.56. The van der Waals surface area contributed by atoms with Gasteiger partial charge in [-0.15, -0.1) is 5.10 Å². The highest BCUT2D eigenvalue weighted by molar-refractivity contribution is 5.83. The minimum Gasteiger partial charge on any atom is -0.408 e. The average Bonchev–Trinajstić information content (AvgIpc) is 3.30. The molecule has 4 rings (SSSR count). The number of likely N-dealkylation sites (tertiary alicyclic amines) is 1. The van der Waals surface area contributed by atoms with Gasteiger partial charge in [-0.3, -0.25) is 4.79 Å². The lowest BCUT2D eigenvalue weighted by atomic mass is 9.93. The number of benzene rings is 1. The van der Waals surface area contributed by atoms with Crippen LogP contribution in [0, 0.1) is 16.7 Å². The van der Waals surface area contributed by atoms with E-state index < -0.39 is 6.04 Å². The molecule has 1 N–H and O–H groups in total. The highest BCUT2D eigenvalue weighted by Crippen LogP contribution is 2.53. The third-order valence-electron chi connectivity index (χ3n) is 5.71. The van der Waals surface area contributed by atoms with E-state index in [0.29, 0.717) is 23.3 Å². The number of carbonyl (C=O) groups excluding carboxylic acids is 1. The minimum atomic E-state index is -0.401. The molecule has 1 spiro atoms. The predicted molar refractivity (Wildman–Crippen MR) is 101 cm³/mol. The third-order valence-corrected chi connectivity index (χ3v) is 5.71. The van der Waals surface area contributed by atoms with Gasteiger partial charge in [0.15, 0.2) is 0 Å². The second kappa shape index (κ2) is 7.03. The first-order valence-corrected chi connectivity index (χ1v) is 9.44. The topological polar surface area (TPSA) is 95.0 Å². The molecule has 0 bridgehead atoms. The number of carbonyl (C=O) groups is 1. The van der Waals surface area contributed by atoms with Crippen LogP contribution in [-0.2, 0) is 11.2 Å². The molecule has 1 saturated carbocycles. The standard InChI is InChI=1S/C20H23N5O2.H2/c1-14(18(26)25-10-8-20(6-7-20)9-11-25)22-19-24-23-17(27-19)12-15-2-4-16(13-21)5-3-15;/h2-5,14H,6-12H2,1H3,(H,22,24);1H. The van der Waals surface area contributed by atoms with Crippen LogP contribution in [-0.4, -0.2) is 40.1 Å². The van der Waals surface area contributed by atoms with Crippen LogP contribution in [0.1, 0.15) is 51.1 Å². The number of anilines is 1. The summed E-state index contributed by atoms with van der Waals surface area (Å²) in [5.41, 5.74) is 2.15. The molecule has 2 fully saturated rings. The van der Waals surface area contributed by atoms with Crippen molar-refractivity contribution < 1.29 is 10.6 Å². The molecule has 2 aromatic rings. The Morgan fingerprint density at radius 3 is 2.63 bits per heavy atom. The molecule has 0 radical (unpaired) electrons. The zero-order valence-corrected chi connectivity index (χ0v) is 15.4. The van der Waals surface area contributed by atoms with E-state index in [-0.39, 0.29) is 13.3 Å².